The summed E-state index contributed by atoms with van der Waals surface area (Å²) in [6.45, 7) is 2.35. The first-order valence-corrected chi connectivity index (χ1v) is 5.39. The fourth-order valence-corrected chi connectivity index (χ4v) is 1.39. The maximum absolute atomic E-state index is 11.7. The Labute approximate surface area is 95.1 Å². The molecule has 0 bridgehead atoms. The number of alkyl halides is 1. The minimum Gasteiger partial charge on any atom is -0.340 e. The first-order valence-electron chi connectivity index (χ1n) is 4.86. The van der Waals surface area contributed by atoms with Gasteiger partial charge in [0.2, 0.25) is 5.91 Å². The van der Waals surface area contributed by atoms with Crippen LogP contribution in [0.5, 0.6) is 0 Å². The molecule has 0 aliphatic carbocycles. The summed E-state index contributed by atoms with van der Waals surface area (Å²) in [5.41, 5.74) is 0.884. The van der Waals surface area contributed by atoms with E-state index < -0.39 is 0 Å². The Bertz CT molecular complexity index is 316. The van der Waals surface area contributed by atoms with Crippen molar-refractivity contribution in [2.45, 2.75) is 13.5 Å². The van der Waals surface area contributed by atoms with Gasteiger partial charge in [0.15, 0.2) is 0 Å². The van der Waals surface area contributed by atoms with Gasteiger partial charge in [0, 0.05) is 25.0 Å². The molecule has 1 rings (SSSR count). The SMILES string of the molecule is CC(CCl)C(=O)N(C)Cc1ccccn1. The van der Waals surface area contributed by atoms with E-state index >= 15 is 0 Å². The van der Waals surface area contributed by atoms with E-state index in [1.165, 1.54) is 0 Å². The van der Waals surface area contributed by atoms with Crippen molar-refractivity contribution in [1.82, 2.24) is 9.88 Å². The molecule has 0 aliphatic rings. The van der Waals surface area contributed by atoms with Crippen LogP contribution in [0.4, 0.5) is 0 Å². The minimum atomic E-state index is -0.139. The number of hydrogen-bond acceptors (Lipinski definition) is 2. The van der Waals surface area contributed by atoms with Crippen molar-refractivity contribution >= 4 is 17.5 Å². The van der Waals surface area contributed by atoms with E-state index in [-0.39, 0.29) is 11.8 Å². The molecule has 0 aromatic carbocycles. The van der Waals surface area contributed by atoms with Crippen LogP contribution in [0.15, 0.2) is 24.4 Å². The van der Waals surface area contributed by atoms with Crippen LogP contribution in [0.3, 0.4) is 0 Å². The summed E-state index contributed by atoms with van der Waals surface area (Å²) < 4.78 is 0. The highest BCUT2D eigenvalue weighted by Gasteiger charge is 2.16. The number of carbonyl (C=O) groups is 1. The van der Waals surface area contributed by atoms with Crippen LogP contribution in [0.1, 0.15) is 12.6 Å². The van der Waals surface area contributed by atoms with Gasteiger partial charge in [0.05, 0.1) is 12.2 Å². The number of pyridine rings is 1. The van der Waals surface area contributed by atoms with Gasteiger partial charge in [-0.25, -0.2) is 0 Å². The number of nitrogens with zero attached hydrogens (tertiary/aromatic N) is 2. The van der Waals surface area contributed by atoms with Crippen molar-refractivity contribution in [3.05, 3.63) is 30.1 Å². The molecule has 4 heteroatoms. The van der Waals surface area contributed by atoms with Gasteiger partial charge in [-0.05, 0) is 12.1 Å². The standard InChI is InChI=1S/C11H15ClN2O/c1-9(7-12)11(15)14(2)8-10-5-3-4-6-13-10/h3-6,9H,7-8H2,1-2H3. The van der Waals surface area contributed by atoms with Crippen molar-refractivity contribution in [2.24, 2.45) is 5.92 Å². The van der Waals surface area contributed by atoms with E-state index in [0.29, 0.717) is 12.4 Å². The molecule has 0 saturated heterocycles. The molecule has 0 N–H and O–H groups in total. The second kappa shape index (κ2) is 5.71. The Morgan fingerprint density at radius 2 is 2.33 bits per heavy atom. The van der Waals surface area contributed by atoms with Crippen molar-refractivity contribution in [3.8, 4) is 0 Å². The van der Waals surface area contributed by atoms with Crippen LogP contribution in [0.25, 0.3) is 0 Å². The zero-order valence-corrected chi connectivity index (χ0v) is 9.74. The van der Waals surface area contributed by atoms with E-state index in [1.807, 2.05) is 25.1 Å². The Morgan fingerprint density at radius 1 is 1.60 bits per heavy atom. The van der Waals surface area contributed by atoms with Gasteiger partial charge >= 0.3 is 0 Å². The fraction of sp³-hybridized carbons (Fsp3) is 0.455. The molecule has 15 heavy (non-hydrogen) atoms. The van der Waals surface area contributed by atoms with Crippen LogP contribution in [-0.4, -0.2) is 28.7 Å². The molecule has 0 spiro atoms. The summed E-state index contributed by atoms with van der Waals surface area (Å²) in [4.78, 5) is 17.5. The quantitative estimate of drug-likeness (QED) is 0.735. The molecule has 1 heterocycles. The first kappa shape index (κ1) is 12.0. The molecule has 1 unspecified atom stereocenters. The third kappa shape index (κ3) is 3.51. The van der Waals surface area contributed by atoms with Gasteiger partial charge in [0.1, 0.15) is 0 Å². The highest BCUT2D eigenvalue weighted by atomic mass is 35.5. The van der Waals surface area contributed by atoms with Crippen molar-refractivity contribution in [1.29, 1.82) is 0 Å². The molecule has 1 atom stereocenters. The highest BCUT2D eigenvalue weighted by molar-refractivity contribution is 6.19. The Morgan fingerprint density at radius 3 is 2.87 bits per heavy atom. The van der Waals surface area contributed by atoms with Gasteiger partial charge in [-0.1, -0.05) is 13.0 Å². The lowest BCUT2D eigenvalue weighted by atomic mass is 10.2. The van der Waals surface area contributed by atoms with E-state index in [9.17, 15) is 4.79 Å². The van der Waals surface area contributed by atoms with Crippen molar-refractivity contribution < 1.29 is 4.79 Å². The summed E-state index contributed by atoms with van der Waals surface area (Å²) in [5.74, 6) is 0.266. The molecule has 0 radical (unpaired) electrons. The number of aromatic nitrogens is 1. The third-order valence-corrected chi connectivity index (χ3v) is 2.62. The van der Waals surface area contributed by atoms with Crippen LogP contribution < -0.4 is 0 Å². The second-order valence-electron chi connectivity index (χ2n) is 3.57. The maximum Gasteiger partial charge on any atom is 0.226 e. The number of halogens is 1. The van der Waals surface area contributed by atoms with E-state index in [1.54, 1.807) is 18.1 Å². The lowest BCUT2D eigenvalue weighted by Gasteiger charge is -2.19. The zero-order chi connectivity index (χ0) is 11.3. The van der Waals surface area contributed by atoms with Crippen LogP contribution >= 0.6 is 11.6 Å². The number of hydrogen-bond donors (Lipinski definition) is 0. The monoisotopic (exact) mass is 226 g/mol. The second-order valence-corrected chi connectivity index (χ2v) is 3.88. The van der Waals surface area contributed by atoms with Crippen molar-refractivity contribution in [2.75, 3.05) is 12.9 Å². The molecular weight excluding hydrogens is 212 g/mol. The Balaban J connectivity index is 2.56. The van der Waals surface area contributed by atoms with Gasteiger partial charge in [-0.15, -0.1) is 11.6 Å². The summed E-state index contributed by atoms with van der Waals surface area (Å²) in [7, 11) is 1.76. The molecule has 1 amide bonds. The molecule has 82 valence electrons. The predicted octanol–water partition coefficient (Wildman–Crippen LogP) is 1.91. The number of carbonyl (C=O) groups excluding carboxylic acids is 1. The molecular formula is C11H15ClN2O. The summed E-state index contributed by atoms with van der Waals surface area (Å²) >= 11 is 5.63. The third-order valence-electron chi connectivity index (χ3n) is 2.15. The Hall–Kier alpha value is -1.09. The number of amides is 1. The smallest absolute Gasteiger partial charge is 0.226 e. The lowest BCUT2D eigenvalue weighted by Crippen LogP contribution is -2.32. The average Bonchev–Trinajstić information content (AvgIpc) is 2.28. The number of rotatable bonds is 4. The molecule has 0 saturated carbocycles. The molecule has 0 fully saturated rings. The summed E-state index contributed by atoms with van der Waals surface area (Å²) in [6, 6.07) is 5.66. The maximum atomic E-state index is 11.7. The Kier molecular flexibility index (Phi) is 4.56. The van der Waals surface area contributed by atoms with Crippen LogP contribution in [0.2, 0.25) is 0 Å². The minimum absolute atomic E-state index is 0.0515. The van der Waals surface area contributed by atoms with Gasteiger partial charge in [-0.2, -0.15) is 0 Å². The van der Waals surface area contributed by atoms with Crippen molar-refractivity contribution in [3.63, 3.8) is 0 Å². The van der Waals surface area contributed by atoms with Gasteiger partial charge in [-0.3, -0.25) is 9.78 Å². The van der Waals surface area contributed by atoms with Gasteiger partial charge < -0.3 is 4.90 Å². The van der Waals surface area contributed by atoms with Crippen LogP contribution in [-0.2, 0) is 11.3 Å². The van der Waals surface area contributed by atoms with Crippen LogP contribution in [0, 0.1) is 5.92 Å². The average molecular weight is 227 g/mol. The van der Waals surface area contributed by atoms with E-state index in [2.05, 4.69) is 4.98 Å². The largest absolute Gasteiger partial charge is 0.340 e. The normalized spacial score (nSPS) is 12.2. The predicted molar refractivity (Wildman–Crippen MR) is 60.6 cm³/mol. The lowest BCUT2D eigenvalue weighted by molar-refractivity contribution is -0.133. The molecule has 1 aromatic heterocycles. The van der Waals surface area contributed by atoms with E-state index in [0.717, 1.165) is 5.69 Å². The van der Waals surface area contributed by atoms with Gasteiger partial charge in [0.25, 0.3) is 0 Å². The molecule has 1 aromatic rings. The topological polar surface area (TPSA) is 33.2 Å². The summed E-state index contributed by atoms with van der Waals surface area (Å²) in [6.07, 6.45) is 1.72. The highest BCUT2D eigenvalue weighted by Crippen LogP contribution is 2.06. The zero-order valence-electron chi connectivity index (χ0n) is 8.98. The summed E-state index contributed by atoms with van der Waals surface area (Å²) in [5, 5.41) is 0. The first-order chi connectivity index (χ1) is 7.15. The fourth-order valence-electron chi connectivity index (χ4n) is 1.25. The molecule has 0 aliphatic heterocycles. The van der Waals surface area contributed by atoms with E-state index in [4.69, 9.17) is 11.6 Å². The molecule has 3 nitrogen and oxygen atoms in total.